The van der Waals surface area contributed by atoms with E-state index in [0.29, 0.717) is 10.9 Å². The average Bonchev–Trinajstić information content (AvgIpc) is 2.77. The third-order valence-electron chi connectivity index (χ3n) is 2.92. The van der Waals surface area contributed by atoms with Gasteiger partial charge < -0.3 is 5.32 Å². The molecule has 1 N–H and O–H groups in total. The zero-order valence-electron chi connectivity index (χ0n) is 11.4. The Bertz CT molecular complexity index is 520. The first kappa shape index (κ1) is 14.1. The Morgan fingerprint density at radius 2 is 2.00 bits per heavy atom. The van der Waals surface area contributed by atoms with Crippen LogP contribution in [0, 0.1) is 5.92 Å². The molecule has 0 aliphatic rings. The minimum Gasteiger partial charge on any atom is -0.312 e. The van der Waals surface area contributed by atoms with Gasteiger partial charge in [0.05, 0.1) is 17.8 Å². The van der Waals surface area contributed by atoms with Crippen LogP contribution >= 0.6 is 11.6 Å². The van der Waals surface area contributed by atoms with Gasteiger partial charge in [0.15, 0.2) is 0 Å². The van der Waals surface area contributed by atoms with E-state index >= 15 is 0 Å². The normalized spacial score (nSPS) is 11.2. The molecule has 1 aromatic heterocycles. The van der Waals surface area contributed by atoms with Gasteiger partial charge in [0.2, 0.25) is 0 Å². The Labute approximate surface area is 119 Å². The molecule has 102 valence electrons. The van der Waals surface area contributed by atoms with E-state index < -0.39 is 0 Å². The second kappa shape index (κ2) is 6.73. The molecule has 3 nitrogen and oxygen atoms in total. The molecule has 1 heterocycles. The van der Waals surface area contributed by atoms with Gasteiger partial charge in [-0.3, -0.25) is 4.68 Å². The lowest BCUT2D eigenvalue weighted by atomic mass is 10.1. The lowest BCUT2D eigenvalue weighted by Crippen LogP contribution is -2.20. The van der Waals surface area contributed by atoms with E-state index in [2.05, 4.69) is 48.5 Å². The summed E-state index contributed by atoms with van der Waals surface area (Å²) in [6.07, 6.45) is 3.51. The predicted molar refractivity (Wildman–Crippen MR) is 79.3 cm³/mol. The van der Waals surface area contributed by atoms with E-state index in [-0.39, 0.29) is 0 Å². The fraction of sp³-hybridized carbons (Fsp3) is 0.400. The number of hydrogen-bond donors (Lipinski definition) is 1. The van der Waals surface area contributed by atoms with Crippen molar-refractivity contribution in [2.45, 2.75) is 26.9 Å². The molecule has 0 saturated carbocycles. The summed E-state index contributed by atoms with van der Waals surface area (Å²) in [4.78, 5) is 0. The van der Waals surface area contributed by atoms with E-state index in [1.807, 2.05) is 10.9 Å². The van der Waals surface area contributed by atoms with Gasteiger partial charge in [-0.05, 0) is 23.6 Å². The van der Waals surface area contributed by atoms with Crippen molar-refractivity contribution in [3.05, 3.63) is 52.8 Å². The van der Waals surface area contributed by atoms with Gasteiger partial charge in [-0.2, -0.15) is 5.10 Å². The average molecular weight is 278 g/mol. The van der Waals surface area contributed by atoms with Crippen LogP contribution in [0.5, 0.6) is 0 Å². The summed E-state index contributed by atoms with van der Waals surface area (Å²) < 4.78 is 1.86. The van der Waals surface area contributed by atoms with Crippen molar-refractivity contribution in [3.8, 4) is 0 Å². The van der Waals surface area contributed by atoms with Crippen LogP contribution in [-0.2, 0) is 13.1 Å². The van der Waals surface area contributed by atoms with Crippen molar-refractivity contribution in [2.24, 2.45) is 5.92 Å². The number of benzene rings is 1. The highest BCUT2D eigenvalue weighted by Gasteiger charge is 2.04. The number of nitrogens with one attached hydrogen (secondary N) is 1. The smallest absolute Gasteiger partial charge is 0.0785 e. The molecule has 2 rings (SSSR count). The summed E-state index contributed by atoms with van der Waals surface area (Å²) in [7, 11) is 0. The third kappa shape index (κ3) is 4.37. The zero-order chi connectivity index (χ0) is 13.7. The minimum atomic E-state index is 0.664. The Balaban J connectivity index is 2.03. The summed E-state index contributed by atoms with van der Waals surface area (Å²) in [5.74, 6) is 0.664. The van der Waals surface area contributed by atoms with E-state index in [1.54, 1.807) is 6.20 Å². The molecule has 0 atom stereocenters. The molecule has 0 bridgehead atoms. The van der Waals surface area contributed by atoms with E-state index in [9.17, 15) is 0 Å². The second-order valence-corrected chi connectivity index (χ2v) is 5.59. The molecule has 0 spiro atoms. The van der Waals surface area contributed by atoms with Gasteiger partial charge in [0, 0.05) is 12.7 Å². The van der Waals surface area contributed by atoms with Crippen LogP contribution in [0.3, 0.4) is 0 Å². The first-order valence-corrected chi connectivity index (χ1v) is 6.98. The highest BCUT2D eigenvalue weighted by molar-refractivity contribution is 6.30. The molecule has 0 saturated heterocycles. The largest absolute Gasteiger partial charge is 0.312 e. The van der Waals surface area contributed by atoms with Crippen molar-refractivity contribution in [1.82, 2.24) is 15.1 Å². The lowest BCUT2D eigenvalue weighted by molar-refractivity contribution is 0.549. The number of rotatable bonds is 6. The number of nitrogens with zero attached hydrogens (tertiary/aromatic N) is 2. The van der Waals surface area contributed by atoms with Crippen LogP contribution in [-0.4, -0.2) is 16.3 Å². The van der Waals surface area contributed by atoms with Crippen molar-refractivity contribution in [2.75, 3.05) is 6.54 Å². The maximum absolute atomic E-state index is 5.89. The second-order valence-electron chi connectivity index (χ2n) is 5.15. The number of halogens is 1. The molecule has 1 aromatic carbocycles. The molecule has 2 aromatic rings. The zero-order valence-corrected chi connectivity index (χ0v) is 12.2. The molecule has 0 aliphatic heterocycles. The Hall–Kier alpha value is -1.32. The van der Waals surface area contributed by atoms with Gasteiger partial charge in [-0.25, -0.2) is 0 Å². The monoisotopic (exact) mass is 277 g/mol. The fourth-order valence-corrected chi connectivity index (χ4v) is 2.14. The van der Waals surface area contributed by atoms with Gasteiger partial charge in [-0.15, -0.1) is 0 Å². The van der Waals surface area contributed by atoms with Crippen molar-refractivity contribution in [1.29, 1.82) is 0 Å². The molecule has 0 radical (unpaired) electrons. The van der Waals surface area contributed by atoms with Crippen LogP contribution in [0.25, 0.3) is 0 Å². The third-order valence-corrected chi connectivity index (χ3v) is 3.12. The summed E-state index contributed by atoms with van der Waals surface area (Å²) >= 11 is 5.89. The molecule has 0 fully saturated rings. The standard InChI is InChI=1S/C15H20ClN3/c1-12(2)7-17-8-13-5-3-4-6-14(13)10-19-11-15(16)9-18-19/h3-6,9,11-12,17H,7-8,10H2,1-2H3. The van der Waals surface area contributed by atoms with Crippen LogP contribution in [0.1, 0.15) is 25.0 Å². The molecule has 4 heteroatoms. The highest BCUT2D eigenvalue weighted by atomic mass is 35.5. The summed E-state index contributed by atoms with van der Waals surface area (Å²) in [5.41, 5.74) is 2.59. The maximum Gasteiger partial charge on any atom is 0.0785 e. The van der Waals surface area contributed by atoms with Crippen molar-refractivity contribution < 1.29 is 0 Å². The maximum atomic E-state index is 5.89. The van der Waals surface area contributed by atoms with Gasteiger partial charge in [0.1, 0.15) is 0 Å². The van der Waals surface area contributed by atoms with Crippen LogP contribution in [0.4, 0.5) is 0 Å². The highest BCUT2D eigenvalue weighted by Crippen LogP contribution is 2.12. The quantitative estimate of drug-likeness (QED) is 0.878. The van der Waals surface area contributed by atoms with Gasteiger partial charge >= 0.3 is 0 Å². The van der Waals surface area contributed by atoms with Crippen LogP contribution < -0.4 is 5.32 Å². The summed E-state index contributed by atoms with van der Waals surface area (Å²) in [6.45, 7) is 7.10. The van der Waals surface area contributed by atoms with E-state index in [1.165, 1.54) is 11.1 Å². The van der Waals surface area contributed by atoms with E-state index in [4.69, 9.17) is 11.6 Å². The SMILES string of the molecule is CC(C)CNCc1ccccc1Cn1cc(Cl)cn1. The molecule has 0 unspecified atom stereocenters. The predicted octanol–water partition coefficient (Wildman–Crippen LogP) is 3.33. The number of aromatic nitrogens is 2. The van der Waals surface area contributed by atoms with Crippen molar-refractivity contribution >= 4 is 11.6 Å². The molecular weight excluding hydrogens is 258 g/mol. The Kier molecular flexibility index (Phi) is 5.00. The molecule has 19 heavy (non-hydrogen) atoms. The lowest BCUT2D eigenvalue weighted by Gasteiger charge is -2.12. The molecular formula is C15H20ClN3. The fourth-order valence-electron chi connectivity index (χ4n) is 1.98. The summed E-state index contributed by atoms with van der Waals surface area (Å²) in [6, 6.07) is 8.44. The Morgan fingerprint density at radius 3 is 2.63 bits per heavy atom. The first-order valence-electron chi connectivity index (χ1n) is 6.60. The Morgan fingerprint density at radius 1 is 1.26 bits per heavy atom. The van der Waals surface area contributed by atoms with E-state index in [0.717, 1.165) is 19.6 Å². The number of hydrogen-bond acceptors (Lipinski definition) is 2. The summed E-state index contributed by atoms with van der Waals surface area (Å²) in [5, 5.41) is 8.38. The van der Waals surface area contributed by atoms with Crippen molar-refractivity contribution in [3.63, 3.8) is 0 Å². The van der Waals surface area contributed by atoms with Gasteiger partial charge in [0.25, 0.3) is 0 Å². The molecule has 0 amide bonds. The van der Waals surface area contributed by atoms with Gasteiger partial charge in [-0.1, -0.05) is 49.7 Å². The van der Waals surface area contributed by atoms with Crippen LogP contribution in [0.15, 0.2) is 36.7 Å². The topological polar surface area (TPSA) is 29.9 Å². The molecule has 0 aliphatic carbocycles. The van der Waals surface area contributed by atoms with Crippen LogP contribution in [0.2, 0.25) is 5.02 Å². The minimum absolute atomic E-state index is 0.664. The first-order chi connectivity index (χ1) is 9.15.